The van der Waals surface area contributed by atoms with Gasteiger partial charge in [0.15, 0.2) is 0 Å². The number of nitrogens with zero attached hydrogens (tertiary/aromatic N) is 4. The first-order valence-corrected chi connectivity index (χ1v) is 5.10. The molecule has 5 nitrogen and oxygen atoms in total. The molecule has 5 heteroatoms. The fourth-order valence-corrected chi connectivity index (χ4v) is 1.60. The zero-order valence-electron chi connectivity index (χ0n) is 9.18. The molecule has 0 unspecified atom stereocenters. The summed E-state index contributed by atoms with van der Waals surface area (Å²) in [5, 5.41) is 0. The van der Waals surface area contributed by atoms with Crippen molar-refractivity contribution in [1.29, 1.82) is 0 Å². The summed E-state index contributed by atoms with van der Waals surface area (Å²) in [4.78, 5) is 13.1. The Hall–Kier alpha value is -1.36. The summed E-state index contributed by atoms with van der Waals surface area (Å²) in [6, 6.07) is 1.76. The zero-order chi connectivity index (χ0) is 10.7. The molecule has 0 aromatic carbocycles. The maximum atomic E-state index is 5.08. The van der Waals surface area contributed by atoms with Gasteiger partial charge in [-0.15, -0.1) is 0 Å². The maximum absolute atomic E-state index is 5.08. The SMILES string of the molecule is COc1ccnc(N2CCN(C)CC2)n1. The van der Waals surface area contributed by atoms with Crippen molar-refractivity contribution >= 4 is 5.95 Å². The average molecular weight is 208 g/mol. The van der Waals surface area contributed by atoms with E-state index in [0.29, 0.717) is 5.88 Å². The molecule has 0 amide bonds. The van der Waals surface area contributed by atoms with Gasteiger partial charge in [0.05, 0.1) is 7.11 Å². The highest BCUT2D eigenvalue weighted by molar-refractivity contribution is 5.32. The summed E-state index contributed by atoms with van der Waals surface area (Å²) in [5.41, 5.74) is 0. The Kier molecular flexibility index (Phi) is 3.01. The number of hydrogen-bond acceptors (Lipinski definition) is 5. The van der Waals surface area contributed by atoms with Crippen LogP contribution in [0.25, 0.3) is 0 Å². The number of aromatic nitrogens is 2. The zero-order valence-corrected chi connectivity index (χ0v) is 9.18. The van der Waals surface area contributed by atoms with Gasteiger partial charge < -0.3 is 14.5 Å². The molecule has 1 aliphatic rings. The molecule has 1 aliphatic heterocycles. The molecular formula is C10H16N4O. The lowest BCUT2D eigenvalue weighted by atomic mass is 10.3. The van der Waals surface area contributed by atoms with Crippen molar-refractivity contribution < 1.29 is 4.74 Å². The van der Waals surface area contributed by atoms with Crippen molar-refractivity contribution in [3.8, 4) is 5.88 Å². The maximum Gasteiger partial charge on any atom is 0.228 e. The topological polar surface area (TPSA) is 41.5 Å². The quantitative estimate of drug-likeness (QED) is 0.696. The van der Waals surface area contributed by atoms with E-state index in [1.165, 1.54) is 0 Å². The highest BCUT2D eigenvalue weighted by Crippen LogP contribution is 2.13. The fraction of sp³-hybridized carbons (Fsp3) is 0.600. The second-order valence-corrected chi connectivity index (χ2v) is 3.69. The van der Waals surface area contributed by atoms with E-state index in [2.05, 4.69) is 26.8 Å². The van der Waals surface area contributed by atoms with Gasteiger partial charge in [0.25, 0.3) is 0 Å². The molecule has 2 heterocycles. The summed E-state index contributed by atoms with van der Waals surface area (Å²) in [6.45, 7) is 4.06. The van der Waals surface area contributed by atoms with E-state index >= 15 is 0 Å². The van der Waals surface area contributed by atoms with E-state index in [4.69, 9.17) is 4.74 Å². The first kappa shape index (κ1) is 10.2. The lowest BCUT2D eigenvalue weighted by molar-refractivity contribution is 0.310. The molecule has 0 atom stereocenters. The van der Waals surface area contributed by atoms with E-state index in [0.717, 1.165) is 32.1 Å². The van der Waals surface area contributed by atoms with Crippen LogP contribution in [-0.2, 0) is 0 Å². The molecule has 1 fully saturated rings. The molecule has 82 valence electrons. The number of piperazine rings is 1. The number of methoxy groups -OCH3 is 1. The highest BCUT2D eigenvalue weighted by atomic mass is 16.5. The number of anilines is 1. The van der Waals surface area contributed by atoms with Gasteiger partial charge in [-0.3, -0.25) is 0 Å². The first-order chi connectivity index (χ1) is 7.29. The third-order valence-corrected chi connectivity index (χ3v) is 2.61. The Balaban J connectivity index is 2.08. The van der Waals surface area contributed by atoms with Crippen LogP contribution in [0.1, 0.15) is 0 Å². The second kappa shape index (κ2) is 4.44. The van der Waals surface area contributed by atoms with Crippen LogP contribution in [0, 0.1) is 0 Å². The number of ether oxygens (including phenoxy) is 1. The van der Waals surface area contributed by atoms with Crippen molar-refractivity contribution in [2.24, 2.45) is 0 Å². The summed E-state index contributed by atoms with van der Waals surface area (Å²) < 4.78 is 5.08. The molecule has 2 rings (SSSR count). The van der Waals surface area contributed by atoms with Crippen LogP contribution in [-0.4, -0.2) is 55.2 Å². The standard InChI is InChI=1S/C10H16N4O/c1-13-5-7-14(8-6-13)10-11-4-3-9(12-10)15-2/h3-4H,5-8H2,1-2H3. The third kappa shape index (κ3) is 2.36. The van der Waals surface area contributed by atoms with Crippen LogP contribution in [0.4, 0.5) is 5.95 Å². The first-order valence-electron chi connectivity index (χ1n) is 5.10. The lowest BCUT2D eigenvalue weighted by Crippen LogP contribution is -2.45. The minimum atomic E-state index is 0.624. The van der Waals surface area contributed by atoms with Gasteiger partial charge in [-0.2, -0.15) is 4.98 Å². The monoisotopic (exact) mass is 208 g/mol. The molecular weight excluding hydrogens is 192 g/mol. The van der Waals surface area contributed by atoms with Crippen LogP contribution in [0.15, 0.2) is 12.3 Å². The van der Waals surface area contributed by atoms with E-state index in [9.17, 15) is 0 Å². The molecule has 0 N–H and O–H groups in total. The molecule has 1 aromatic rings. The van der Waals surface area contributed by atoms with Crippen molar-refractivity contribution in [3.63, 3.8) is 0 Å². The Labute approximate surface area is 89.7 Å². The minimum absolute atomic E-state index is 0.624. The average Bonchev–Trinajstić information content (AvgIpc) is 2.30. The van der Waals surface area contributed by atoms with Gasteiger partial charge >= 0.3 is 0 Å². The third-order valence-electron chi connectivity index (χ3n) is 2.61. The van der Waals surface area contributed by atoms with Crippen LogP contribution < -0.4 is 9.64 Å². The molecule has 0 spiro atoms. The minimum Gasteiger partial charge on any atom is -0.481 e. The van der Waals surface area contributed by atoms with E-state index in [-0.39, 0.29) is 0 Å². The number of likely N-dealkylation sites (N-methyl/N-ethyl adjacent to an activating group) is 1. The van der Waals surface area contributed by atoms with Crippen molar-refractivity contribution in [2.45, 2.75) is 0 Å². The van der Waals surface area contributed by atoms with Crippen molar-refractivity contribution in [1.82, 2.24) is 14.9 Å². The van der Waals surface area contributed by atoms with Crippen LogP contribution in [0.2, 0.25) is 0 Å². The fourth-order valence-electron chi connectivity index (χ4n) is 1.60. The summed E-state index contributed by atoms with van der Waals surface area (Å²) in [7, 11) is 3.75. The molecule has 0 aliphatic carbocycles. The molecule has 15 heavy (non-hydrogen) atoms. The Morgan fingerprint density at radius 3 is 2.67 bits per heavy atom. The number of hydrogen-bond donors (Lipinski definition) is 0. The Morgan fingerprint density at radius 1 is 1.27 bits per heavy atom. The predicted octanol–water partition coefficient (Wildman–Crippen LogP) is 0.237. The molecule has 1 saturated heterocycles. The van der Waals surface area contributed by atoms with Gasteiger partial charge in [0.1, 0.15) is 0 Å². The number of rotatable bonds is 2. The van der Waals surface area contributed by atoms with Crippen molar-refractivity contribution in [2.75, 3.05) is 45.2 Å². The van der Waals surface area contributed by atoms with Crippen LogP contribution >= 0.6 is 0 Å². The highest BCUT2D eigenvalue weighted by Gasteiger charge is 2.16. The Morgan fingerprint density at radius 2 is 2.00 bits per heavy atom. The van der Waals surface area contributed by atoms with E-state index in [1.54, 1.807) is 19.4 Å². The van der Waals surface area contributed by atoms with Crippen LogP contribution in [0.3, 0.4) is 0 Å². The summed E-state index contributed by atoms with van der Waals surface area (Å²) in [6.07, 6.45) is 1.74. The van der Waals surface area contributed by atoms with Crippen molar-refractivity contribution in [3.05, 3.63) is 12.3 Å². The van der Waals surface area contributed by atoms with Gasteiger partial charge in [-0.1, -0.05) is 0 Å². The smallest absolute Gasteiger partial charge is 0.228 e. The van der Waals surface area contributed by atoms with E-state index in [1.807, 2.05) is 0 Å². The van der Waals surface area contributed by atoms with Gasteiger partial charge in [0, 0.05) is 38.4 Å². The van der Waals surface area contributed by atoms with Gasteiger partial charge in [0.2, 0.25) is 11.8 Å². The second-order valence-electron chi connectivity index (χ2n) is 3.69. The largest absolute Gasteiger partial charge is 0.481 e. The van der Waals surface area contributed by atoms with Crippen LogP contribution in [0.5, 0.6) is 5.88 Å². The van der Waals surface area contributed by atoms with Gasteiger partial charge in [-0.05, 0) is 7.05 Å². The molecule has 1 aromatic heterocycles. The Bertz CT molecular complexity index is 323. The lowest BCUT2D eigenvalue weighted by Gasteiger charge is -2.32. The predicted molar refractivity (Wildman–Crippen MR) is 58.3 cm³/mol. The molecule has 0 saturated carbocycles. The van der Waals surface area contributed by atoms with Gasteiger partial charge in [-0.25, -0.2) is 4.98 Å². The normalized spacial score (nSPS) is 17.9. The summed E-state index contributed by atoms with van der Waals surface area (Å²) >= 11 is 0. The molecule has 0 bridgehead atoms. The summed E-state index contributed by atoms with van der Waals surface area (Å²) in [5.74, 6) is 1.39. The van der Waals surface area contributed by atoms with E-state index < -0.39 is 0 Å². The molecule has 0 radical (unpaired) electrons.